The van der Waals surface area contributed by atoms with Gasteiger partial charge in [0, 0.05) is 5.56 Å². The largest absolute Gasteiger partial charge is 0.488 e. The Hall–Kier alpha value is -1.39. The van der Waals surface area contributed by atoms with E-state index in [2.05, 4.69) is 0 Å². The van der Waals surface area contributed by atoms with E-state index in [4.69, 9.17) is 14.2 Å². The van der Waals surface area contributed by atoms with Gasteiger partial charge in [-0.2, -0.15) is 0 Å². The van der Waals surface area contributed by atoms with Crippen molar-refractivity contribution in [3.8, 4) is 5.75 Å². The minimum atomic E-state index is -0.287. The molecule has 4 heteroatoms. The second-order valence-electron chi connectivity index (χ2n) is 3.17. The Labute approximate surface area is 87.8 Å². The van der Waals surface area contributed by atoms with Crippen molar-refractivity contribution in [2.45, 2.75) is 6.29 Å². The van der Waals surface area contributed by atoms with Crippen molar-refractivity contribution in [3.05, 3.63) is 29.8 Å². The Morgan fingerprint density at radius 2 is 2.20 bits per heavy atom. The van der Waals surface area contributed by atoms with E-state index < -0.39 is 0 Å². The van der Waals surface area contributed by atoms with E-state index in [0.717, 1.165) is 6.29 Å². The zero-order valence-corrected chi connectivity index (χ0v) is 8.22. The smallest absolute Gasteiger partial charge is 0.191 e. The average molecular weight is 208 g/mol. The third-order valence-electron chi connectivity index (χ3n) is 2.07. The molecule has 0 amide bonds. The number of carbonyl (C=O) groups excluding carboxylic acids is 1. The number of aldehydes is 1. The highest BCUT2D eigenvalue weighted by molar-refractivity contribution is 5.75. The first-order valence-corrected chi connectivity index (χ1v) is 4.80. The summed E-state index contributed by atoms with van der Waals surface area (Å²) in [6.45, 7) is 1.58. The van der Waals surface area contributed by atoms with E-state index in [9.17, 15) is 4.79 Å². The molecule has 4 nitrogen and oxygen atoms in total. The van der Waals surface area contributed by atoms with Crippen LogP contribution in [-0.4, -0.2) is 32.4 Å². The van der Waals surface area contributed by atoms with Gasteiger partial charge in [-0.3, -0.25) is 4.79 Å². The van der Waals surface area contributed by atoms with Gasteiger partial charge < -0.3 is 14.2 Å². The molecule has 1 saturated heterocycles. The summed E-state index contributed by atoms with van der Waals surface area (Å²) in [5.41, 5.74) is 0.598. The number of rotatable bonds is 4. The second kappa shape index (κ2) is 4.91. The molecule has 0 unspecified atom stereocenters. The molecule has 0 N–H and O–H groups in total. The van der Waals surface area contributed by atoms with Crippen molar-refractivity contribution < 1.29 is 19.0 Å². The first-order chi connectivity index (χ1) is 7.38. The van der Waals surface area contributed by atoms with Gasteiger partial charge in [0.2, 0.25) is 0 Å². The van der Waals surface area contributed by atoms with Crippen LogP contribution in [0.4, 0.5) is 0 Å². The predicted molar refractivity (Wildman–Crippen MR) is 53.0 cm³/mol. The Kier molecular flexibility index (Phi) is 3.32. The molecular formula is C11H12O4. The third-order valence-corrected chi connectivity index (χ3v) is 2.07. The van der Waals surface area contributed by atoms with Gasteiger partial charge >= 0.3 is 0 Å². The zero-order chi connectivity index (χ0) is 10.5. The summed E-state index contributed by atoms with van der Waals surface area (Å²) in [6, 6.07) is 6.97. The molecule has 0 saturated carbocycles. The van der Waals surface area contributed by atoms with Gasteiger partial charge in [-0.25, -0.2) is 0 Å². The van der Waals surface area contributed by atoms with E-state index in [1.165, 1.54) is 0 Å². The Bertz CT molecular complexity index is 331. The highest BCUT2D eigenvalue weighted by atomic mass is 16.7. The summed E-state index contributed by atoms with van der Waals surface area (Å²) in [5, 5.41) is 0. The standard InChI is InChI=1S/C11H12O4/c12-7-9-2-1-3-10(6-9)15-8-11-13-4-5-14-11/h1-3,6-7,11H,4-5,8H2. The van der Waals surface area contributed by atoms with Crippen LogP contribution in [0.25, 0.3) is 0 Å². The van der Waals surface area contributed by atoms with Gasteiger partial charge in [-0.15, -0.1) is 0 Å². The van der Waals surface area contributed by atoms with Crippen molar-refractivity contribution in [2.75, 3.05) is 19.8 Å². The quantitative estimate of drug-likeness (QED) is 0.698. The fourth-order valence-electron chi connectivity index (χ4n) is 1.35. The molecule has 0 aliphatic carbocycles. The lowest BCUT2D eigenvalue weighted by Gasteiger charge is -2.10. The van der Waals surface area contributed by atoms with Crippen LogP contribution in [0.2, 0.25) is 0 Å². The van der Waals surface area contributed by atoms with Crippen molar-refractivity contribution in [2.24, 2.45) is 0 Å². The zero-order valence-electron chi connectivity index (χ0n) is 8.22. The van der Waals surface area contributed by atoms with Gasteiger partial charge in [0.05, 0.1) is 13.2 Å². The normalized spacial score (nSPS) is 16.5. The van der Waals surface area contributed by atoms with Crippen LogP contribution in [0.15, 0.2) is 24.3 Å². The maximum absolute atomic E-state index is 10.5. The molecule has 0 bridgehead atoms. The van der Waals surface area contributed by atoms with Crippen molar-refractivity contribution >= 4 is 6.29 Å². The van der Waals surface area contributed by atoms with Gasteiger partial charge in [-0.05, 0) is 12.1 Å². The lowest BCUT2D eigenvalue weighted by atomic mass is 10.2. The molecule has 1 aliphatic rings. The van der Waals surface area contributed by atoms with Gasteiger partial charge in [0.25, 0.3) is 0 Å². The maximum atomic E-state index is 10.5. The summed E-state index contributed by atoms with van der Waals surface area (Å²) in [7, 11) is 0. The van der Waals surface area contributed by atoms with Crippen LogP contribution in [0.1, 0.15) is 10.4 Å². The molecule has 1 aromatic rings. The molecule has 1 fully saturated rings. The maximum Gasteiger partial charge on any atom is 0.191 e. The molecule has 80 valence electrons. The molecule has 0 radical (unpaired) electrons. The minimum Gasteiger partial charge on any atom is -0.488 e. The minimum absolute atomic E-state index is 0.287. The topological polar surface area (TPSA) is 44.8 Å². The molecule has 15 heavy (non-hydrogen) atoms. The predicted octanol–water partition coefficient (Wildman–Crippen LogP) is 1.25. The molecule has 0 atom stereocenters. The van der Waals surface area contributed by atoms with Gasteiger partial charge in [-0.1, -0.05) is 12.1 Å². The fraction of sp³-hybridized carbons (Fsp3) is 0.364. The van der Waals surface area contributed by atoms with Crippen LogP contribution in [0.3, 0.4) is 0 Å². The van der Waals surface area contributed by atoms with E-state index in [1.807, 2.05) is 0 Å². The molecule has 0 aromatic heterocycles. The molecular weight excluding hydrogens is 196 g/mol. The van der Waals surface area contributed by atoms with Gasteiger partial charge in [0.15, 0.2) is 6.29 Å². The fourth-order valence-corrected chi connectivity index (χ4v) is 1.35. The lowest BCUT2D eigenvalue weighted by molar-refractivity contribution is -0.0684. The van der Waals surface area contributed by atoms with Gasteiger partial charge in [0.1, 0.15) is 18.6 Å². The molecule has 0 spiro atoms. The van der Waals surface area contributed by atoms with Crippen LogP contribution in [-0.2, 0) is 9.47 Å². The highest BCUT2D eigenvalue weighted by Gasteiger charge is 2.16. The van der Waals surface area contributed by atoms with Crippen LogP contribution in [0.5, 0.6) is 5.75 Å². The first kappa shape index (κ1) is 10.1. The molecule has 1 aliphatic heterocycles. The Balaban J connectivity index is 1.89. The number of benzene rings is 1. The highest BCUT2D eigenvalue weighted by Crippen LogP contribution is 2.13. The van der Waals surface area contributed by atoms with E-state index in [0.29, 0.717) is 31.1 Å². The summed E-state index contributed by atoms with van der Waals surface area (Å²) < 4.78 is 15.9. The number of hydrogen-bond acceptors (Lipinski definition) is 4. The van der Waals surface area contributed by atoms with Crippen molar-refractivity contribution in [1.29, 1.82) is 0 Å². The van der Waals surface area contributed by atoms with Crippen LogP contribution in [0, 0.1) is 0 Å². The summed E-state index contributed by atoms with van der Waals surface area (Å²) in [6.07, 6.45) is 0.500. The Morgan fingerprint density at radius 1 is 1.40 bits per heavy atom. The molecule has 1 aromatic carbocycles. The monoisotopic (exact) mass is 208 g/mol. The van der Waals surface area contributed by atoms with Crippen molar-refractivity contribution in [3.63, 3.8) is 0 Å². The Morgan fingerprint density at radius 3 is 2.93 bits per heavy atom. The van der Waals surface area contributed by atoms with E-state index in [1.54, 1.807) is 24.3 Å². The van der Waals surface area contributed by atoms with E-state index in [-0.39, 0.29) is 6.29 Å². The summed E-state index contributed by atoms with van der Waals surface area (Å²) >= 11 is 0. The second-order valence-corrected chi connectivity index (χ2v) is 3.17. The number of hydrogen-bond donors (Lipinski definition) is 0. The SMILES string of the molecule is O=Cc1cccc(OCC2OCCO2)c1. The summed E-state index contributed by atoms with van der Waals surface area (Å²) in [5.74, 6) is 0.652. The van der Waals surface area contributed by atoms with Crippen LogP contribution < -0.4 is 4.74 Å². The number of carbonyl (C=O) groups is 1. The molecule has 2 rings (SSSR count). The van der Waals surface area contributed by atoms with Crippen LogP contribution >= 0.6 is 0 Å². The first-order valence-electron chi connectivity index (χ1n) is 4.80. The third kappa shape index (κ3) is 2.78. The summed E-state index contributed by atoms with van der Waals surface area (Å²) in [4.78, 5) is 10.5. The molecule has 1 heterocycles. The average Bonchev–Trinajstić information content (AvgIpc) is 2.79. The lowest BCUT2D eigenvalue weighted by Crippen LogP contribution is -2.18. The number of ether oxygens (including phenoxy) is 3. The van der Waals surface area contributed by atoms with E-state index >= 15 is 0 Å². The van der Waals surface area contributed by atoms with Crippen molar-refractivity contribution in [1.82, 2.24) is 0 Å².